The Morgan fingerprint density at radius 3 is 2.45 bits per heavy atom. The highest BCUT2D eigenvalue weighted by molar-refractivity contribution is 7.21. The Hall–Kier alpha value is -4.49. The minimum absolute atomic E-state index is 0.0477. The van der Waals surface area contributed by atoms with Crippen molar-refractivity contribution in [1.82, 2.24) is 4.98 Å². The Kier molecular flexibility index (Phi) is 6.94. The minimum atomic E-state index is -0.443. The lowest BCUT2D eigenvalue weighted by molar-refractivity contribution is 0.102. The van der Waals surface area contributed by atoms with E-state index >= 15 is 0 Å². The van der Waals surface area contributed by atoms with Crippen molar-refractivity contribution in [1.29, 1.82) is 5.26 Å². The zero-order valence-corrected chi connectivity index (χ0v) is 22.0. The van der Waals surface area contributed by atoms with Gasteiger partial charge in [-0.3, -0.25) is 9.59 Å². The van der Waals surface area contributed by atoms with E-state index in [0.717, 1.165) is 16.2 Å². The molecule has 3 heterocycles. The van der Waals surface area contributed by atoms with Crippen LogP contribution >= 0.6 is 34.3 Å². The number of aromatic nitrogens is 1. The van der Waals surface area contributed by atoms with Crippen molar-refractivity contribution in [2.75, 3.05) is 16.8 Å². The molecule has 0 saturated heterocycles. The monoisotopic (exact) mass is 555 g/mol. The number of rotatable bonds is 6. The van der Waals surface area contributed by atoms with Gasteiger partial charge in [0.15, 0.2) is 5.78 Å². The number of halogens is 1. The van der Waals surface area contributed by atoms with E-state index < -0.39 is 5.91 Å². The van der Waals surface area contributed by atoms with E-state index in [9.17, 15) is 14.9 Å². The van der Waals surface area contributed by atoms with E-state index in [2.05, 4.69) is 16.4 Å². The number of hydrogen-bond acceptors (Lipinski definition) is 8. The topological polar surface area (TPSA) is 135 Å². The number of thiophene rings is 2. The lowest BCUT2D eigenvalue weighted by atomic mass is 9.97. The van der Waals surface area contributed by atoms with Gasteiger partial charge in [-0.1, -0.05) is 29.8 Å². The van der Waals surface area contributed by atoms with Gasteiger partial charge in [-0.15, -0.1) is 22.7 Å². The highest BCUT2D eigenvalue weighted by atomic mass is 35.5. The number of benzene rings is 2. The number of ketones is 1. The standard InChI is InChI=1S/C28H18ClN5O2S2/c29-17-7-3-16(4-8-17)22-20(14-30)26(32)34-28-23(22)24(31)25(38-28)27(36)33-18-9-5-15(6-10-18)21(35)12-11-19-2-1-13-37-19/h1-13H,31H2,(H2,32,34)(H,33,36). The maximum Gasteiger partial charge on any atom is 0.267 e. The molecular weight excluding hydrogens is 538 g/mol. The Morgan fingerprint density at radius 1 is 1.05 bits per heavy atom. The summed E-state index contributed by atoms with van der Waals surface area (Å²) < 4.78 is 0. The summed E-state index contributed by atoms with van der Waals surface area (Å²) in [5, 5.41) is 15.5. The fourth-order valence-electron chi connectivity index (χ4n) is 3.90. The molecule has 0 aliphatic rings. The number of nitrogens with zero attached hydrogens (tertiary/aromatic N) is 2. The number of carbonyl (C=O) groups excluding carboxylic acids is 2. The van der Waals surface area contributed by atoms with Crippen molar-refractivity contribution in [3.8, 4) is 17.2 Å². The number of carbonyl (C=O) groups is 2. The number of nitrogens with two attached hydrogens (primary N) is 2. The highest BCUT2D eigenvalue weighted by Gasteiger charge is 2.24. The first kappa shape index (κ1) is 25.2. The van der Waals surface area contributed by atoms with Crippen LogP contribution in [0.15, 0.2) is 72.1 Å². The quantitative estimate of drug-likeness (QED) is 0.155. The fourth-order valence-corrected chi connectivity index (χ4v) is 5.65. The Morgan fingerprint density at radius 2 is 1.79 bits per heavy atom. The Labute approximate surface area is 230 Å². The number of anilines is 3. The maximum atomic E-state index is 13.2. The summed E-state index contributed by atoms with van der Waals surface area (Å²) in [6.07, 6.45) is 3.29. The lowest BCUT2D eigenvalue weighted by Gasteiger charge is -2.10. The average Bonchev–Trinajstić information content (AvgIpc) is 3.55. The number of amides is 1. The molecule has 0 spiro atoms. The number of allylic oxidation sites excluding steroid dienone is 1. The smallest absolute Gasteiger partial charge is 0.267 e. The zero-order chi connectivity index (χ0) is 26.8. The number of pyridine rings is 1. The molecule has 3 aromatic heterocycles. The second kappa shape index (κ2) is 10.5. The van der Waals surface area contributed by atoms with Crippen molar-refractivity contribution in [2.45, 2.75) is 0 Å². The Balaban J connectivity index is 1.44. The summed E-state index contributed by atoms with van der Waals surface area (Å²) in [6.45, 7) is 0. The minimum Gasteiger partial charge on any atom is -0.397 e. The molecule has 0 fully saturated rings. The van der Waals surface area contributed by atoms with Gasteiger partial charge in [-0.05, 0) is 65.6 Å². The summed E-state index contributed by atoms with van der Waals surface area (Å²) in [7, 11) is 0. The summed E-state index contributed by atoms with van der Waals surface area (Å²) in [6, 6.07) is 19.4. The van der Waals surface area contributed by atoms with Gasteiger partial charge >= 0.3 is 0 Å². The fraction of sp³-hybridized carbons (Fsp3) is 0. The first-order valence-corrected chi connectivity index (χ1v) is 13.3. The van der Waals surface area contributed by atoms with Crippen LogP contribution in [0.4, 0.5) is 17.2 Å². The third-order valence-corrected chi connectivity index (χ3v) is 7.91. The molecule has 186 valence electrons. The van der Waals surface area contributed by atoms with Crippen LogP contribution in [0.1, 0.15) is 30.5 Å². The molecule has 38 heavy (non-hydrogen) atoms. The first-order chi connectivity index (χ1) is 18.4. The van der Waals surface area contributed by atoms with Crippen LogP contribution in [-0.2, 0) is 0 Å². The molecule has 0 saturated carbocycles. The van der Waals surface area contributed by atoms with Gasteiger partial charge in [-0.2, -0.15) is 5.26 Å². The van der Waals surface area contributed by atoms with E-state index in [1.807, 2.05) is 17.5 Å². The second-order valence-electron chi connectivity index (χ2n) is 8.14. The lowest BCUT2D eigenvalue weighted by Crippen LogP contribution is -2.12. The third-order valence-electron chi connectivity index (χ3n) is 5.73. The number of fused-ring (bicyclic) bond motifs is 1. The van der Waals surface area contributed by atoms with Crippen LogP contribution in [0.25, 0.3) is 27.4 Å². The molecule has 5 aromatic rings. The van der Waals surface area contributed by atoms with E-state index in [0.29, 0.717) is 37.6 Å². The summed E-state index contributed by atoms with van der Waals surface area (Å²) in [4.78, 5) is 31.6. The Bertz CT molecular complexity index is 1750. The van der Waals surface area contributed by atoms with Crippen LogP contribution in [0.2, 0.25) is 5.02 Å². The summed E-state index contributed by atoms with van der Waals surface area (Å²) in [5.74, 6) is -0.537. The van der Waals surface area contributed by atoms with Crippen molar-refractivity contribution in [2.24, 2.45) is 0 Å². The molecule has 0 unspecified atom stereocenters. The van der Waals surface area contributed by atoms with Gasteiger partial charge in [0.05, 0.1) is 5.69 Å². The van der Waals surface area contributed by atoms with Crippen LogP contribution in [-0.4, -0.2) is 16.7 Å². The molecule has 0 atom stereocenters. The highest BCUT2D eigenvalue weighted by Crippen LogP contribution is 2.43. The molecular formula is C28H18ClN5O2S2. The van der Waals surface area contributed by atoms with Gasteiger partial charge < -0.3 is 16.8 Å². The van der Waals surface area contributed by atoms with E-state index in [1.165, 1.54) is 6.08 Å². The molecule has 2 aromatic carbocycles. The third kappa shape index (κ3) is 4.88. The van der Waals surface area contributed by atoms with E-state index in [-0.39, 0.29) is 27.7 Å². The summed E-state index contributed by atoms with van der Waals surface area (Å²) in [5.41, 5.74) is 15.1. The zero-order valence-electron chi connectivity index (χ0n) is 19.6. The SMILES string of the molecule is N#Cc1c(N)nc2sc(C(=O)Nc3ccc(C(=O)C=Cc4cccs4)cc3)c(N)c2c1-c1ccc(Cl)cc1. The van der Waals surface area contributed by atoms with Gasteiger partial charge in [0, 0.05) is 32.1 Å². The van der Waals surface area contributed by atoms with Gasteiger partial charge in [0.25, 0.3) is 5.91 Å². The van der Waals surface area contributed by atoms with Crippen molar-refractivity contribution in [3.05, 3.63) is 98.0 Å². The predicted molar refractivity (Wildman–Crippen MR) is 156 cm³/mol. The molecule has 10 heteroatoms. The number of hydrogen-bond donors (Lipinski definition) is 3. The molecule has 0 aliphatic heterocycles. The van der Waals surface area contributed by atoms with Crippen molar-refractivity contribution in [3.63, 3.8) is 0 Å². The van der Waals surface area contributed by atoms with Crippen molar-refractivity contribution >= 4 is 79.5 Å². The number of nitriles is 1. The van der Waals surface area contributed by atoms with Gasteiger partial charge in [0.2, 0.25) is 0 Å². The van der Waals surface area contributed by atoms with Crippen LogP contribution < -0.4 is 16.8 Å². The van der Waals surface area contributed by atoms with Crippen LogP contribution in [0.3, 0.4) is 0 Å². The number of nitrogen functional groups attached to an aromatic ring is 2. The molecule has 7 nitrogen and oxygen atoms in total. The molecule has 5 rings (SSSR count). The predicted octanol–water partition coefficient (Wildman–Crippen LogP) is 6.86. The van der Waals surface area contributed by atoms with Gasteiger partial charge in [-0.25, -0.2) is 4.98 Å². The largest absolute Gasteiger partial charge is 0.397 e. The van der Waals surface area contributed by atoms with E-state index in [4.69, 9.17) is 23.1 Å². The molecule has 0 bridgehead atoms. The second-order valence-corrected chi connectivity index (χ2v) is 10.6. The maximum absolute atomic E-state index is 13.2. The van der Waals surface area contributed by atoms with Crippen molar-refractivity contribution < 1.29 is 9.59 Å². The normalized spacial score (nSPS) is 11.1. The molecule has 0 aliphatic carbocycles. The number of nitrogens with one attached hydrogen (secondary N) is 1. The summed E-state index contributed by atoms with van der Waals surface area (Å²) >= 11 is 8.67. The van der Waals surface area contributed by atoms with E-state index in [1.54, 1.807) is 65.9 Å². The molecule has 0 radical (unpaired) electrons. The van der Waals surface area contributed by atoms with Crippen LogP contribution in [0.5, 0.6) is 0 Å². The molecule has 1 amide bonds. The molecule has 5 N–H and O–H groups in total. The first-order valence-electron chi connectivity index (χ1n) is 11.2. The van der Waals surface area contributed by atoms with Gasteiger partial charge in [0.1, 0.15) is 27.2 Å². The average molecular weight is 556 g/mol. The van der Waals surface area contributed by atoms with Crippen LogP contribution in [0, 0.1) is 11.3 Å².